The fraction of sp³-hybridized carbons (Fsp3) is 0.333. The van der Waals surface area contributed by atoms with Gasteiger partial charge in [0.05, 0.1) is 8.07 Å². The van der Waals surface area contributed by atoms with E-state index in [2.05, 4.69) is 66.0 Å². The van der Waals surface area contributed by atoms with Gasteiger partial charge in [-0.2, -0.15) is 0 Å². The molecule has 2 aliphatic carbocycles. The number of halogens is 2. The van der Waals surface area contributed by atoms with Crippen molar-refractivity contribution >= 4 is 25.1 Å². The first-order valence-electron chi connectivity index (χ1n) is 6.28. The second-order valence-corrected chi connectivity index (χ2v) is 13.5. The first-order valence-corrected chi connectivity index (χ1v) is 15.6. The molecule has 10 radical (unpaired) electrons. The Bertz CT molecular complexity index is 267. The summed E-state index contributed by atoms with van der Waals surface area (Å²) in [7, 11) is 8.41. The molecule has 0 atom stereocenters. The molecule has 2 fully saturated rings. The van der Waals surface area contributed by atoms with Crippen LogP contribution in [0.15, 0.2) is 0 Å². The van der Waals surface area contributed by atoms with E-state index in [-0.39, 0.29) is 0 Å². The minimum absolute atomic E-state index is 0.826. The Morgan fingerprint density at radius 1 is 0.947 bits per heavy atom. The summed E-state index contributed by atoms with van der Waals surface area (Å²) in [5, 5.41) is 0. The van der Waals surface area contributed by atoms with Gasteiger partial charge in [-0.1, -0.05) is 33.9 Å². The number of hydrogen-bond donors (Lipinski definition) is 0. The van der Waals surface area contributed by atoms with Gasteiger partial charge in [-0.15, -0.1) is 0 Å². The van der Waals surface area contributed by atoms with Crippen LogP contribution in [0.1, 0.15) is 20.8 Å². The van der Waals surface area contributed by atoms with E-state index in [4.69, 9.17) is 17.0 Å². The van der Waals surface area contributed by atoms with Crippen molar-refractivity contribution in [3.05, 3.63) is 60.9 Å². The van der Waals surface area contributed by atoms with E-state index in [1.54, 1.807) is 11.1 Å². The van der Waals surface area contributed by atoms with Crippen molar-refractivity contribution in [2.45, 2.75) is 33.9 Å². The van der Waals surface area contributed by atoms with E-state index >= 15 is 0 Å². The molecule has 2 rings (SSSR count). The van der Waals surface area contributed by atoms with Gasteiger partial charge >= 0.3 is 37.9 Å². The summed E-state index contributed by atoms with van der Waals surface area (Å²) in [5.74, 6) is 4.43. The molecule has 100 valence electrons. The molecule has 0 aliphatic heterocycles. The third-order valence-corrected chi connectivity index (χ3v) is 7.62. The van der Waals surface area contributed by atoms with E-state index in [0.29, 0.717) is 0 Å². The van der Waals surface area contributed by atoms with Crippen LogP contribution in [0.25, 0.3) is 0 Å². The molecule has 0 bridgehead atoms. The molecule has 0 aromatic heterocycles. The standard InChI is InChI=1S/C15H20Si.2ClH.Zr/c1-11-10-15(13(3)12(11)2)16(4,5)14-8-6-7-9-14;;;/h6-10H,1-5H3;2*1H;/q;;;+4/p-2. The Morgan fingerprint density at radius 2 is 1.42 bits per heavy atom. The normalized spacial score (nSPS) is 24.4. The van der Waals surface area contributed by atoms with Crippen LogP contribution in [0.4, 0.5) is 0 Å². The summed E-state index contributed by atoms with van der Waals surface area (Å²) in [6.07, 6.45) is 11.3. The summed E-state index contributed by atoms with van der Waals surface area (Å²) < 4.78 is 0. The molecule has 0 N–H and O–H groups in total. The van der Waals surface area contributed by atoms with Crippen LogP contribution in [-0.2, 0) is 20.8 Å². The molecule has 2 aliphatic rings. The zero-order valence-corrected chi connectivity index (χ0v) is 17.1. The van der Waals surface area contributed by atoms with E-state index in [9.17, 15) is 0 Å². The van der Waals surface area contributed by atoms with Crippen LogP contribution >= 0.6 is 17.0 Å². The molecule has 4 heteroatoms. The van der Waals surface area contributed by atoms with Crippen molar-refractivity contribution in [1.29, 1.82) is 0 Å². The van der Waals surface area contributed by atoms with Crippen LogP contribution in [0.5, 0.6) is 0 Å². The predicted octanol–water partition coefficient (Wildman–Crippen LogP) is 5.13. The molecule has 0 aromatic carbocycles. The molecule has 0 amide bonds. The van der Waals surface area contributed by atoms with Gasteiger partial charge in [-0.05, 0) is 60.9 Å². The molecule has 0 heterocycles. The van der Waals surface area contributed by atoms with Crippen molar-refractivity contribution < 1.29 is 20.8 Å². The summed E-state index contributed by atoms with van der Waals surface area (Å²) in [6.45, 7) is 11.6. The van der Waals surface area contributed by atoms with Crippen LogP contribution in [-0.4, -0.2) is 8.07 Å². The van der Waals surface area contributed by atoms with Crippen LogP contribution in [0.2, 0.25) is 13.1 Å². The Balaban J connectivity index is 0.000000550. The third kappa shape index (κ3) is 4.57. The van der Waals surface area contributed by atoms with Gasteiger partial charge in [0.2, 0.25) is 0 Å². The van der Waals surface area contributed by atoms with E-state index in [1.165, 1.54) is 17.8 Å². The molecule has 0 nitrogen and oxygen atoms in total. The second kappa shape index (κ2) is 8.35. The summed E-state index contributed by atoms with van der Waals surface area (Å²) in [5.41, 5.74) is 3.15. The molecular weight excluding hydrogens is 370 g/mol. The van der Waals surface area contributed by atoms with Gasteiger partial charge in [-0.3, -0.25) is 0 Å². The van der Waals surface area contributed by atoms with Gasteiger partial charge in [0.1, 0.15) is 0 Å². The van der Waals surface area contributed by atoms with Gasteiger partial charge in [0, 0.05) is 0 Å². The number of rotatable bonds is 2. The average molecular weight is 391 g/mol. The molecule has 0 aromatic rings. The Hall–Kier alpha value is 1.68. The quantitative estimate of drug-likeness (QED) is 0.574. The molecular formula is C15H20Cl2SiZr+2. The second-order valence-electron chi connectivity index (χ2n) is 5.36. The summed E-state index contributed by atoms with van der Waals surface area (Å²) >= 11 is -0.826. The minimum atomic E-state index is -1.46. The molecule has 19 heavy (non-hydrogen) atoms. The van der Waals surface area contributed by atoms with Crippen LogP contribution in [0.3, 0.4) is 0 Å². The van der Waals surface area contributed by atoms with Crippen LogP contribution < -0.4 is 0 Å². The molecule has 0 spiro atoms. The van der Waals surface area contributed by atoms with E-state index in [0.717, 1.165) is 0 Å². The Kier molecular flexibility index (Phi) is 8.23. The fourth-order valence-corrected chi connectivity index (χ4v) is 5.57. The van der Waals surface area contributed by atoms with Gasteiger partial charge in [0.15, 0.2) is 0 Å². The van der Waals surface area contributed by atoms with Gasteiger partial charge in [-0.25, -0.2) is 0 Å². The average Bonchev–Trinajstić information content (AvgIpc) is 2.95. The molecule has 0 saturated heterocycles. The topological polar surface area (TPSA) is 0 Å². The summed E-state index contributed by atoms with van der Waals surface area (Å²) in [6, 6.07) is 0. The Morgan fingerprint density at radius 3 is 1.79 bits per heavy atom. The molecule has 0 unspecified atom stereocenters. The predicted molar refractivity (Wildman–Crippen MR) is 83.9 cm³/mol. The van der Waals surface area contributed by atoms with Crippen LogP contribution in [0, 0.1) is 60.9 Å². The first-order chi connectivity index (χ1) is 8.86. The number of hydrogen-bond acceptors (Lipinski definition) is 0. The zero-order chi connectivity index (χ0) is 14.6. The van der Waals surface area contributed by atoms with Crippen molar-refractivity contribution in [3.63, 3.8) is 0 Å². The van der Waals surface area contributed by atoms with Crippen molar-refractivity contribution in [1.82, 2.24) is 0 Å². The summed E-state index contributed by atoms with van der Waals surface area (Å²) in [4.78, 5) is 0. The monoisotopic (exact) mass is 388 g/mol. The maximum atomic E-state index is 4.93. The Labute approximate surface area is 140 Å². The maximum absolute atomic E-state index is 4.93. The fourth-order valence-electron chi connectivity index (χ4n) is 2.53. The molecule has 2 saturated carbocycles. The van der Waals surface area contributed by atoms with Gasteiger partial charge < -0.3 is 0 Å². The SMILES string of the molecule is C[C]1[CH][C]([Si](C)(C)[C]2[CH][CH][CH][CH]2)[C](C)[C]1C.[Cl][Zr+2][Cl]. The first kappa shape index (κ1) is 18.7. The van der Waals surface area contributed by atoms with Crippen molar-refractivity contribution in [3.8, 4) is 0 Å². The zero-order valence-electron chi connectivity index (χ0n) is 12.1. The van der Waals surface area contributed by atoms with Crippen molar-refractivity contribution in [2.24, 2.45) is 0 Å². The van der Waals surface area contributed by atoms with E-state index in [1.807, 2.05) is 0 Å². The van der Waals surface area contributed by atoms with E-state index < -0.39 is 28.9 Å². The third-order valence-electron chi connectivity index (χ3n) is 3.98. The van der Waals surface area contributed by atoms with Gasteiger partial charge in [0.25, 0.3) is 0 Å². The van der Waals surface area contributed by atoms with Crippen molar-refractivity contribution in [2.75, 3.05) is 0 Å².